The zero-order valence-corrected chi connectivity index (χ0v) is 17.1. The average molecular weight is 364 g/mol. The SMILES string of the molecule is O=C1C(=O)c2ccc(S(=O)(=O)O)cc2C=C1S(=O)(=O)O.[Na].[Na]. The van der Waals surface area contributed by atoms with E-state index in [4.69, 9.17) is 9.11 Å². The molecule has 1 aromatic rings. The van der Waals surface area contributed by atoms with Crippen LogP contribution in [0.15, 0.2) is 28.0 Å². The van der Waals surface area contributed by atoms with E-state index >= 15 is 0 Å². The Labute approximate surface area is 170 Å². The first kappa shape index (κ1) is 22.1. The minimum atomic E-state index is -4.92. The van der Waals surface area contributed by atoms with Crippen LogP contribution < -0.4 is 0 Å². The van der Waals surface area contributed by atoms with Crippen LogP contribution in [0.5, 0.6) is 0 Å². The fraction of sp³-hybridized carbons (Fsp3) is 0. The summed E-state index contributed by atoms with van der Waals surface area (Å²) in [5.74, 6) is -2.61. The summed E-state index contributed by atoms with van der Waals surface area (Å²) in [5, 5.41) is 0. The first-order valence-corrected chi connectivity index (χ1v) is 7.79. The minimum absolute atomic E-state index is 0. The maximum atomic E-state index is 11.7. The zero-order chi connectivity index (χ0) is 15.3. The van der Waals surface area contributed by atoms with Gasteiger partial charge in [0, 0.05) is 64.7 Å². The summed E-state index contributed by atoms with van der Waals surface area (Å²) in [7, 11) is -9.48. The predicted octanol–water partition coefficient (Wildman–Crippen LogP) is -0.834. The van der Waals surface area contributed by atoms with E-state index in [0.717, 1.165) is 18.2 Å². The number of rotatable bonds is 2. The molecule has 0 saturated heterocycles. The Morgan fingerprint density at radius 3 is 1.82 bits per heavy atom. The molecule has 12 heteroatoms. The van der Waals surface area contributed by atoms with Crippen molar-refractivity contribution in [3.05, 3.63) is 34.2 Å². The van der Waals surface area contributed by atoms with Gasteiger partial charge in [0.2, 0.25) is 11.6 Å². The molecular formula is C10H6Na2O8S2. The van der Waals surface area contributed by atoms with Gasteiger partial charge in [-0.05, 0) is 29.8 Å². The predicted molar refractivity (Wildman–Crippen MR) is 76.6 cm³/mol. The van der Waals surface area contributed by atoms with Gasteiger partial charge in [-0.15, -0.1) is 0 Å². The minimum Gasteiger partial charge on any atom is -0.285 e. The topological polar surface area (TPSA) is 143 Å². The third kappa shape index (κ3) is 4.35. The molecule has 0 fully saturated rings. The van der Waals surface area contributed by atoms with Gasteiger partial charge in [0.05, 0.1) is 4.90 Å². The van der Waals surface area contributed by atoms with Crippen molar-refractivity contribution in [1.29, 1.82) is 0 Å². The maximum Gasteiger partial charge on any atom is 0.298 e. The second-order valence-electron chi connectivity index (χ2n) is 3.87. The largest absolute Gasteiger partial charge is 0.298 e. The van der Waals surface area contributed by atoms with E-state index in [0.29, 0.717) is 6.08 Å². The molecule has 0 aliphatic heterocycles. The number of Topliss-reactive ketones (excluding diaryl/α,β-unsaturated/α-hetero) is 2. The molecule has 0 bridgehead atoms. The zero-order valence-electron chi connectivity index (χ0n) is 11.5. The van der Waals surface area contributed by atoms with Gasteiger partial charge in [-0.3, -0.25) is 18.7 Å². The number of hydrogen-bond donors (Lipinski definition) is 2. The molecule has 0 saturated carbocycles. The van der Waals surface area contributed by atoms with E-state index in [-0.39, 0.29) is 70.2 Å². The Kier molecular flexibility index (Phi) is 7.38. The normalized spacial score (nSPS) is 14.4. The van der Waals surface area contributed by atoms with Crippen LogP contribution in [0.25, 0.3) is 6.08 Å². The molecule has 2 N–H and O–H groups in total. The summed E-state index contributed by atoms with van der Waals surface area (Å²) >= 11 is 0. The molecule has 2 radical (unpaired) electrons. The third-order valence-corrected chi connectivity index (χ3v) is 4.27. The number of hydrogen-bond acceptors (Lipinski definition) is 6. The third-order valence-electron chi connectivity index (χ3n) is 2.56. The van der Waals surface area contributed by atoms with Gasteiger partial charge in [-0.1, -0.05) is 0 Å². The number of fused-ring (bicyclic) bond motifs is 1. The quantitative estimate of drug-likeness (QED) is 0.393. The second-order valence-corrected chi connectivity index (χ2v) is 6.68. The van der Waals surface area contributed by atoms with Crippen molar-refractivity contribution in [3.8, 4) is 0 Å². The fourth-order valence-electron chi connectivity index (χ4n) is 1.66. The first-order chi connectivity index (χ1) is 9.01. The Bertz CT molecular complexity index is 884. The van der Waals surface area contributed by atoms with Gasteiger partial charge in [0.25, 0.3) is 20.2 Å². The van der Waals surface area contributed by atoms with E-state index in [1.165, 1.54) is 0 Å². The van der Waals surface area contributed by atoms with Crippen LogP contribution in [0.3, 0.4) is 0 Å². The van der Waals surface area contributed by atoms with Gasteiger partial charge >= 0.3 is 0 Å². The van der Waals surface area contributed by atoms with Gasteiger partial charge in [-0.2, -0.15) is 16.8 Å². The van der Waals surface area contributed by atoms with Crippen LogP contribution in [0.4, 0.5) is 0 Å². The van der Waals surface area contributed by atoms with Gasteiger partial charge in [0.1, 0.15) is 4.91 Å². The number of carbonyl (C=O) groups is 2. The molecule has 8 nitrogen and oxygen atoms in total. The summed E-state index contributed by atoms with van der Waals surface area (Å²) in [6, 6.07) is 2.68. The molecule has 0 amide bonds. The van der Waals surface area contributed by atoms with Crippen molar-refractivity contribution in [2.24, 2.45) is 0 Å². The van der Waals surface area contributed by atoms with E-state index in [2.05, 4.69) is 0 Å². The molecule has 0 atom stereocenters. The van der Waals surface area contributed by atoms with Crippen LogP contribution in [0, 0.1) is 0 Å². The monoisotopic (exact) mass is 364 g/mol. The van der Waals surface area contributed by atoms with E-state index in [1.54, 1.807) is 0 Å². The molecule has 0 heterocycles. The molecule has 0 aromatic heterocycles. The first-order valence-electron chi connectivity index (χ1n) is 4.91. The Balaban J connectivity index is 0.00000220. The summed E-state index contributed by atoms with van der Waals surface area (Å²) in [5.41, 5.74) is -0.438. The van der Waals surface area contributed by atoms with Gasteiger partial charge in [-0.25, -0.2) is 0 Å². The summed E-state index contributed by atoms with van der Waals surface area (Å²) < 4.78 is 61.6. The van der Waals surface area contributed by atoms with Crippen LogP contribution in [-0.4, -0.2) is 96.6 Å². The smallest absolute Gasteiger partial charge is 0.285 e. The van der Waals surface area contributed by atoms with Crippen molar-refractivity contribution < 1.29 is 35.5 Å². The van der Waals surface area contributed by atoms with Crippen LogP contribution >= 0.6 is 0 Å². The number of benzene rings is 1. The molecule has 0 spiro atoms. The average Bonchev–Trinajstić information content (AvgIpc) is 2.30. The Hall–Kier alpha value is 0.120. The van der Waals surface area contributed by atoms with E-state index < -0.39 is 41.6 Å². The summed E-state index contributed by atoms with van der Waals surface area (Å²) in [6.07, 6.45) is 0.670. The maximum absolute atomic E-state index is 11.7. The Morgan fingerprint density at radius 1 is 0.818 bits per heavy atom. The van der Waals surface area contributed by atoms with Crippen LogP contribution in [-0.2, 0) is 25.0 Å². The second kappa shape index (κ2) is 7.34. The molecule has 108 valence electrons. The molecule has 1 aliphatic carbocycles. The number of allylic oxidation sites excluding steroid dienone is 1. The Morgan fingerprint density at radius 2 is 1.36 bits per heavy atom. The van der Waals surface area contributed by atoms with Gasteiger partial charge in [0.15, 0.2) is 0 Å². The van der Waals surface area contributed by atoms with Crippen molar-refractivity contribution in [1.82, 2.24) is 0 Å². The van der Waals surface area contributed by atoms with Crippen molar-refractivity contribution >= 4 is 97.0 Å². The number of carbonyl (C=O) groups excluding carboxylic acids is 2. The molecular weight excluding hydrogens is 358 g/mol. The summed E-state index contributed by atoms with van der Waals surface area (Å²) in [6.45, 7) is 0. The fourth-order valence-corrected chi connectivity index (χ4v) is 2.78. The molecule has 0 unspecified atom stereocenters. The molecule has 22 heavy (non-hydrogen) atoms. The molecule has 2 rings (SSSR count). The molecule has 1 aliphatic rings. The van der Waals surface area contributed by atoms with Crippen LogP contribution in [0.1, 0.15) is 15.9 Å². The van der Waals surface area contributed by atoms with E-state index in [1.807, 2.05) is 0 Å². The van der Waals surface area contributed by atoms with E-state index in [9.17, 15) is 26.4 Å². The standard InChI is InChI=1S/C10H6O8S2.2Na/c11-9-7-2-1-6(19(13,14)15)3-5(7)4-8(10(9)12)20(16,17)18;;/h1-4H,(H,13,14,15)(H,16,17,18);;. The van der Waals surface area contributed by atoms with Crippen LogP contribution in [0.2, 0.25) is 0 Å². The van der Waals surface area contributed by atoms with Crippen molar-refractivity contribution in [3.63, 3.8) is 0 Å². The summed E-state index contributed by atoms with van der Waals surface area (Å²) in [4.78, 5) is 21.4. The molecule has 1 aromatic carbocycles. The number of ketones is 2. The van der Waals surface area contributed by atoms with Crippen molar-refractivity contribution in [2.75, 3.05) is 0 Å². The van der Waals surface area contributed by atoms with Crippen molar-refractivity contribution in [2.45, 2.75) is 4.90 Å². The van der Waals surface area contributed by atoms with Gasteiger partial charge < -0.3 is 0 Å².